The van der Waals surface area contributed by atoms with Crippen LogP contribution in [-0.2, 0) is 4.79 Å². The molecule has 1 aromatic carbocycles. The first-order valence-electron chi connectivity index (χ1n) is 5.26. The maximum atomic E-state index is 11.4. The van der Waals surface area contributed by atoms with Crippen LogP contribution in [0.1, 0.15) is 30.1 Å². The van der Waals surface area contributed by atoms with E-state index >= 15 is 0 Å². The molecule has 0 bridgehead atoms. The summed E-state index contributed by atoms with van der Waals surface area (Å²) in [5, 5.41) is 3.05. The molecule has 0 fully saturated rings. The minimum Gasteiger partial charge on any atom is -0.326 e. The highest BCUT2D eigenvalue weighted by Gasteiger charge is 2.07. The second-order valence-corrected chi connectivity index (χ2v) is 4.03. The van der Waals surface area contributed by atoms with Gasteiger partial charge in [0.1, 0.15) is 0 Å². The minimum atomic E-state index is -0.100. The van der Waals surface area contributed by atoms with Gasteiger partial charge in [-0.05, 0) is 31.5 Å². The first kappa shape index (κ1) is 13.5. The number of hydrogen-bond acceptors (Lipinski definition) is 2. The molecule has 0 aromatic heterocycles. The lowest BCUT2D eigenvalue weighted by atomic mass is 10.1. The predicted molar refractivity (Wildman–Crippen MR) is 69.5 cm³/mol. The summed E-state index contributed by atoms with van der Waals surface area (Å²) in [5.41, 5.74) is 1.05. The Hall–Kier alpha value is -1.61. The number of Topliss-reactive ketones (excluding diaryl/α,β-unsaturated/α-hetero) is 1. The summed E-state index contributed by atoms with van der Waals surface area (Å²) in [4.78, 5) is 22.6. The maximum absolute atomic E-state index is 11.4. The lowest BCUT2D eigenvalue weighted by Crippen LogP contribution is -2.10. The fourth-order valence-corrected chi connectivity index (χ4v) is 1.65. The number of anilines is 1. The van der Waals surface area contributed by atoms with Gasteiger partial charge in [0.2, 0.25) is 5.91 Å². The molecule has 0 atom stereocenters. The standard InChI is InChI=1S/C13H14ClNO2/c1-3-4-5-13(17)15-10-6-7-11(9(2)16)12(14)8-10/h3,6-8H,1,4-5H2,2H3,(H,15,17). The second kappa shape index (κ2) is 6.21. The highest BCUT2D eigenvalue weighted by Crippen LogP contribution is 2.21. The van der Waals surface area contributed by atoms with Crippen molar-refractivity contribution in [1.29, 1.82) is 0 Å². The minimum absolute atomic E-state index is 0.0977. The molecular formula is C13H14ClNO2. The Labute approximate surface area is 105 Å². The Morgan fingerprint density at radius 2 is 2.18 bits per heavy atom. The number of amides is 1. The maximum Gasteiger partial charge on any atom is 0.224 e. The number of benzene rings is 1. The fraction of sp³-hybridized carbons (Fsp3) is 0.231. The van der Waals surface area contributed by atoms with Crippen molar-refractivity contribution in [2.45, 2.75) is 19.8 Å². The summed E-state index contributed by atoms with van der Waals surface area (Å²) in [6, 6.07) is 4.84. The van der Waals surface area contributed by atoms with Crippen molar-refractivity contribution in [3.63, 3.8) is 0 Å². The third kappa shape index (κ3) is 4.04. The van der Waals surface area contributed by atoms with E-state index in [1.54, 1.807) is 24.3 Å². The molecule has 0 saturated carbocycles. The van der Waals surface area contributed by atoms with Gasteiger partial charge in [-0.15, -0.1) is 6.58 Å². The molecule has 1 aromatic rings. The monoisotopic (exact) mass is 251 g/mol. The topological polar surface area (TPSA) is 46.2 Å². The number of carbonyl (C=O) groups is 2. The largest absolute Gasteiger partial charge is 0.326 e. The van der Waals surface area contributed by atoms with Crippen molar-refractivity contribution < 1.29 is 9.59 Å². The zero-order valence-electron chi connectivity index (χ0n) is 9.63. The zero-order chi connectivity index (χ0) is 12.8. The first-order chi connectivity index (χ1) is 8.04. The van der Waals surface area contributed by atoms with Gasteiger partial charge in [0, 0.05) is 17.7 Å². The normalized spacial score (nSPS) is 9.76. The van der Waals surface area contributed by atoms with Crippen LogP contribution in [0.5, 0.6) is 0 Å². The summed E-state index contributed by atoms with van der Waals surface area (Å²) in [7, 11) is 0. The van der Waals surface area contributed by atoms with Gasteiger partial charge in [0.15, 0.2) is 5.78 Å². The van der Waals surface area contributed by atoms with E-state index in [4.69, 9.17) is 11.6 Å². The van der Waals surface area contributed by atoms with Crippen LogP contribution >= 0.6 is 11.6 Å². The van der Waals surface area contributed by atoms with Crippen molar-refractivity contribution in [2.24, 2.45) is 0 Å². The first-order valence-corrected chi connectivity index (χ1v) is 5.63. The van der Waals surface area contributed by atoms with Crippen molar-refractivity contribution in [3.8, 4) is 0 Å². The fourth-order valence-electron chi connectivity index (χ4n) is 1.34. The van der Waals surface area contributed by atoms with Gasteiger partial charge >= 0.3 is 0 Å². The Morgan fingerprint density at radius 3 is 2.71 bits per heavy atom. The number of allylic oxidation sites excluding steroid dienone is 1. The third-order valence-electron chi connectivity index (χ3n) is 2.21. The number of halogens is 1. The third-order valence-corrected chi connectivity index (χ3v) is 2.52. The molecule has 1 rings (SSSR count). The smallest absolute Gasteiger partial charge is 0.224 e. The Balaban J connectivity index is 2.74. The van der Waals surface area contributed by atoms with Crippen LogP contribution in [0.3, 0.4) is 0 Å². The lowest BCUT2D eigenvalue weighted by molar-refractivity contribution is -0.116. The molecule has 0 heterocycles. The molecule has 0 aliphatic rings. The second-order valence-electron chi connectivity index (χ2n) is 3.63. The van der Waals surface area contributed by atoms with Crippen LogP contribution < -0.4 is 5.32 Å². The van der Waals surface area contributed by atoms with Gasteiger partial charge in [0.05, 0.1) is 5.02 Å². The van der Waals surface area contributed by atoms with Crippen LogP contribution in [0.2, 0.25) is 5.02 Å². The van der Waals surface area contributed by atoms with Gasteiger partial charge in [0.25, 0.3) is 0 Å². The summed E-state index contributed by atoms with van der Waals surface area (Å²) >= 11 is 5.92. The number of ketones is 1. The summed E-state index contributed by atoms with van der Waals surface area (Å²) < 4.78 is 0. The number of nitrogens with one attached hydrogen (secondary N) is 1. The average molecular weight is 252 g/mol. The van der Waals surface area contributed by atoms with Gasteiger partial charge in [-0.25, -0.2) is 0 Å². The van der Waals surface area contributed by atoms with Crippen LogP contribution in [0.4, 0.5) is 5.69 Å². The number of carbonyl (C=O) groups excluding carboxylic acids is 2. The zero-order valence-corrected chi connectivity index (χ0v) is 10.4. The van der Waals surface area contributed by atoms with E-state index < -0.39 is 0 Å². The van der Waals surface area contributed by atoms with E-state index in [2.05, 4.69) is 11.9 Å². The van der Waals surface area contributed by atoms with Gasteiger partial charge in [-0.3, -0.25) is 9.59 Å². The molecule has 0 unspecified atom stereocenters. The van der Waals surface area contributed by atoms with Crippen LogP contribution in [0, 0.1) is 0 Å². The number of rotatable bonds is 5. The quantitative estimate of drug-likeness (QED) is 0.644. The molecule has 0 aliphatic carbocycles. The molecular weight excluding hydrogens is 238 g/mol. The van der Waals surface area contributed by atoms with Gasteiger partial charge in [-0.2, -0.15) is 0 Å². The van der Waals surface area contributed by atoms with Crippen LogP contribution in [-0.4, -0.2) is 11.7 Å². The molecule has 0 radical (unpaired) electrons. The van der Waals surface area contributed by atoms with Crippen molar-refractivity contribution in [1.82, 2.24) is 0 Å². The van der Waals surface area contributed by atoms with E-state index in [1.807, 2.05) is 0 Å². The van der Waals surface area contributed by atoms with E-state index in [0.717, 1.165) is 0 Å². The van der Waals surface area contributed by atoms with E-state index in [-0.39, 0.29) is 11.7 Å². The van der Waals surface area contributed by atoms with Crippen molar-refractivity contribution >= 4 is 29.0 Å². The van der Waals surface area contributed by atoms with E-state index in [1.165, 1.54) is 6.92 Å². The molecule has 0 spiro atoms. The number of hydrogen-bond donors (Lipinski definition) is 1. The van der Waals surface area contributed by atoms with Crippen LogP contribution in [0.25, 0.3) is 0 Å². The Bertz CT molecular complexity index is 455. The Kier molecular flexibility index (Phi) is 4.91. The molecule has 3 nitrogen and oxygen atoms in total. The summed E-state index contributed by atoms with van der Waals surface area (Å²) in [5.74, 6) is -0.198. The average Bonchev–Trinajstić information content (AvgIpc) is 2.26. The molecule has 4 heteroatoms. The molecule has 1 amide bonds. The molecule has 1 N–H and O–H groups in total. The SMILES string of the molecule is C=CCCC(=O)Nc1ccc(C(C)=O)c(Cl)c1. The molecule has 0 aliphatic heterocycles. The molecule has 90 valence electrons. The highest BCUT2D eigenvalue weighted by atomic mass is 35.5. The van der Waals surface area contributed by atoms with E-state index in [0.29, 0.717) is 29.1 Å². The Morgan fingerprint density at radius 1 is 1.47 bits per heavy atom. The predicted octanol–water partition coefficient (Wildman–Crippen LogP) is 3.45. The summed E-state index contributed by atoms with van der Waals surface area (Å²) in [6.07, 6.45) is 2.70. The van der Waals surface area contributed by atoms with E-state index in [9.17, 15) is 9.59 Å². The van der Waals surface area contributed by atoms with Crippen molar-refractivity contribution in [3.05, 3.63) is 41.4 Å². The highest BCUT2D eigenvalue weighted by molar-refractivity contribution is 6.34. The van der Waals surface area contributed by atoms with Gasteiger partial charge in [-0.1, -0.05) is 17.7 Å². The molecule has 17 heavy (non-hydrogen) atoms. The molecule has 0 saturated heterocycles. The van der Waals surface area contributed by atoms with Crippen LogP contribution in [0.15, 0.2) is 30.9 Å². The van der Waals surface area contributed by atoms with Crippen molar-refractivity contribution in [2.75, 3.05) is 5.32 Å². The van der Waals surface area contributed by atoms with Gasteiger partial charge < -0.3 is 5.32 Å². The lowest BCUT2D eigenvalue weighted by Gasteiger charge is -2.06. The summed E-state index contributed by atoms with van der Waals surface area (Å²) in [6.45, 7) is 4.99.